The molecule has 1 aromatic heterocycles. The quantitative estimate of drug-likeness (QED) is 0.875. The predicted molar refractivity (Wildman–Crippen MR) is 68.8 cm³/mol. The summed E-state index contributed by atoms with van der Waals surface area (Å²) < 4.78 is 0. The van der Waals surface area contributed by atoms with Gasteiger partial charge in [-0.05, 0) is 30.4 Å². The SMILES string of the molecule is NC1CN(Cc2ccc(Cl)cn2)CC12CCC2. The van der Waals surface area contributed by atoms with Crippen LogP contribution in [0.5, 0.6) is 0 Å². The first-order valence-electron chi connectivity index (χ1n) is 6.26. The van der Waals surface area contributed by atoms with Crippen LogP contribution in [0.3, 0.4) is 0 Å². The minimum atomic E-state index is 0.351. The highest BCUT2D eigenvalue weighted by molar-refractivity contribution is 6.30. The average Bonchev–Trinajstić information content (AvgIpc) is 2.58. The van der Waals surface area contributed by atoms with Gasteiger partial charge < -0.3 is 5.73 Å². The number of halogens is 1. The Morgan fingerprint density at radius 1 is 1.47 bits per heavy atom. The maximum atomic E-state index is 6.26. The molecule has 1 spiro atoms. The second-order valence-corrected chi connectivity index (χ2v) is 5.90. The van der Waals surface area contributed by atoms with Gasteiger partial charge in [0, 0.05) is 31.9 Å². The van der Waals surface area contributed by atoms with Gasteiger partial charge in [0.2, 0.25) is 0 Å². The Balaban J connectivity index is 1.65. The van der Waals surface area contributed by atoms with Gasteiger partial charge in [-0.1, -0.05) is 18.0 Å². The zero-order chi connectivity index (χ0) is 11.9. The topological polar surface area (TPSA) is 42.1 Å². The highest BCUT2D eigenvalue weighted by atomic mass is 35.5. The lowest BCUT2D eigenvalue weighted by Gasteiger charge is -2.41. The first kappa shape index (κ1) is 11.5. The molecule has 1 aliphatic carbocycles. The van der Waals surface area contributed by atoms with Gasteiger partial charge in [-0.25, -0.2) is 0 Å². The van der Waals surface area contributed by atoms with Gasteiger partial charge in [0.1, 0.15) is 0 Å². The Hall–Kier alpha value is -0.640. The van der Waals surface area contributed by atoms with Crippen LogP contribution in [0.4, 0.5) is 0 Å². The highest BCUT2D eigenvalue weighted by Crippen LogP contribution is 2.47. The van der Waals surface area contributed by atoms with Crippen molar-refractivity contribution in [3.05, 3.63) is 29.0 Å². The lowest BCUT2D eigenvalue weighted by molar-refractivity contribution is 0.121. The normalized spacial score (nSPS) is 27.3. The molecule has 0 aromatic carbocycles. The van der Waals surface area contributed by atoms with Gasteiger partial charge in [-0.15, -0.1) is 0 Å². The van der Waals surface area contributed by atoms with Crippen molar-refractivity contribution in [1.29, 1.82) is 0 Å². The standard InChI is InChI=1S/C13H18ClN3/c14-10-2-3-11(16-6-10)7-17-8-12(15)13(9-17)4-1-5-13/h2-3,6,12H,1,4-5,7-9,15H2. The molecule has 0 amide bonds. The maximum Gasteiger partial charge on any atom is 0.0589 e. The Kier molecular flexibility index (Phi) is 2.85. The lowest BCUT2D eigenvalue weighted by atomic mass is 9.66. The minimum Gasteiger partial charge on any atom is -0.326 e. The summed E-state index contributed by atoms with van der Waals surface area (Å²) >= 11 is 5.83. The monoisotopic (exact) mass is 251 g/mol. The van der Waals surface area contributed by atoms with Gasteiger partial charge in [-0.3, -0.25) is 9.88 Å². The van der Waals surface area contributed by atoms with Gasteiger partial charge in [-0.2, -0.15) is 0 Å². The molecule has 0 bridgehead atoms. The number of rotatable bonds is 2. The maximum absolute atomic E-state index is 6.26. The zero-order valence-corrected chi connectivity index (χ0v) is 10.7. The van der Waals surface area contributed by atoms with Crippen LogP contribution in [-0.4, -0.2) is 29.0 Å². The van der Waals surface area contributed by atoms with E-state index in [9.17, 15) is 0 Å². The Morgan fingerprint density at radius 2 is 2.29 bits per heavy atom. The highest BCUT2D eigenvalue weighted by Gasteiger charge is 2.48. The Morgan fingerprint density at radius 3 is 2.82 bits per heavy atom. The fourth-order valence-electron chi connectivity index (χ4n) is 3.11. The van der Waals surface area contributed by atoms with E-state index in [4.69, 9.17) is 17.3 Å². The van der Waals surface area contributed by atoms with Crippen molar-refractivity contribution in [1.82, 2.24) is 9.88 Å². The molecule has 0 radical (unpaired) electrons. The lowest BCUT2D eigenvalue weighted by Crippen LogP contribution is -2.45. The summed E-state index contributed by atoms with van der Waals surface area (Å²) in [5, 5.41) is 0.697. The van der Waals surface area contributed by atoms with Crippen LogP contribution >= 0.6 is 11.6 Å². The van der Waals surface area contributed by atoms with Gasteiger partial charge >= 0.3 is 0 Å². The van der Waals surface area contributed by atoms with E-state index < -0.39 is 0 Å². The molecule has 1 saturated heterocycles. The summed E-state index contributed by atoms with van der Waals surface area (Å²) in [7, 11) is 0. The third-order valence-electron chi connectivity index (χ3n) is 4.30. The number of nitrogens with two attached hydrogens (primary N) is 1. The minimum absolute atomic E-state index is 0.351. The van der Waals surface area contributed by atoms with Crippen LogP contribution in [-0.2, 0) is 6.54 Å². The molecule has 1 saturated carbocycles. The molecule has 4 heteroatoms. The zero-order valence-electron chi connectivity index (χ0n) is 9.90. The molecule has 1 unspecified atom stereocenters. The summed E-state index contributed by atoms with van der Waals surface area (Å²) in [6.07, 6.45) is 5.67. The summed E-state index contributed by atoms with van der Waals surface area (Å²) in [6.45, 7) is 3.04. The fourth-order valence-corrected chi connectivity index (χ4v) is 3.22. The van der Waals surface area contributed by atoms with Crippen molar-refractivity contribution in [2.45, 2.75) is 31.8 Å². The number of likely N-dealkylation sites (tertiary alicyclic amines) is 1. The molecule has 17 heavy (non-hydrogen) atoms. The second-order valence-electron chi connectivity index (χ2n) is 5.46. The number of aromatic nitrogens is 1. The van der Waals surface area contributed by atoms with Crippen molar-refractivity contribution >= 4 is 11.6 Å². The van der Waals surface area contributed by atoms with E-state index in [-0.39, 0.29) is 0 Å². The van der Waals surface area contributed by atoms with Crippen LogP contribution < -0.4 is 5.73 Å². The summed E-state index contributed by atoms with van der Waals surface area (Å²) in [5.41, 5.74) is 7.76. The van der Waals surface area contributed by atoms with Gasteiger partial charge in [0.15, 0.2) is 0 Å². The van der Waals surface area contributed by atoms with E-state index in [0.29, 0.717) is 16.5 Å². The van der Waals surface area contributed by atoms with Crippen LogP contribution in [0, 0.1) is 5.41 Å². The molecule has 1 aliphatic heterocycles. The molecule has 3 nitrogen and oxygen atoms in total. The van der Waals surface area contributed by atoms with E-state index >= 15 is 0 Å². The van der Waals surface area contributed by atoms with Crippen LogP contribution in [0.15, 0.2) is 18.3 Å². The van der Waals surface area contributed by atoms with Crippen LogP contribution in [0.2, 0.25) is 5.02 Å². The summed E-state index contributed by atoms with van der Waals surface area (Å²) in [4.78, 5) is 6.77. The smallest absolute Gasteiger partial charge is 0.0589 e. The molecule has 3 rings (SSSR count). The molecule has 1 atom stereocenters. The fraction of sp³-hybridized carbons (Fsp3) is 0.615. The average molecular weight is 252 g/mol. The second kappa shape index (κ2) is 4.23. The molecule has 2 heterocycles. The number of pyridine rings is 1. The predicted octanol–water partition coefficient (Wildman–Crippen LogP) is 2.05. The van der Waals surface area contributed by atoms with Crippen molar-refractivity contribution in [2.75, 3.05) is 13.1 Å². The Bertz CT molecular complexity index is 400. The number of hydrogen-bond acceptors (Lipinski definition) is 3. The summed E-state index contributed by atoms with van der Waals surface area (Å²) in [6, 6.07) is 4.25. The van der Waals surface area contributed by atoms with Crippen LogP contribution in [0.1, 0.15) is 25.0 Å². The molecular weight excluding hydrogens is 234 g/mol. The van der Waals surface area contributed by atoms with Crippen molar-refractivity contribution < 1.29 is 0 Å². The summed E-state index contributed by atoms with van der Waals surface area (Å²) in [5.74, 6) is 0. The molecular formula is C13H18ClN3. The molecule has 2 aliphatic rings. The van der Waals surface area contributed by atoms with Crippen molar-refractivity contribution in [3.8, 4) is 0 Å². The van der Waals surface area contributed by atoms with E-state index in [1.165, 1.54) is 19.3 Å². The molecule has 2 fully saturated rings. The van der Waals surface area contributed by atoms with E-state index in [0.717, 1.165) is 25.3 Å². The van der Waals surface area contributed by atoms with Gasteiger partial charge in [0.25, 0.3) is 0 Å². The van der Waals surface area contributed by atoms with E-state index in [1.54, 1.807) is 6.20 Å². The van der Waals surface area contributed by atoms with E-state index in [2.05, 4.69) is 9.88 Å². The number of nitrogens with zero attached hydrogens (tertiary/aromatic N) is 2. The van der Waals surface area contributed by atoms with Gasteiger partial charge in [0.05, 0.1) is 10.7 Å². The molecule has 1 aromatic rings. The first-order valence-corrected chi connectivity index (χ1v) is 6.64. The molecule has 2 N–H and O–H groups in total. The number of hydrogen-bond donors (Lipinski definition) is 1. The Labute approximate surface area is 107 Å². The third kappa shape index (κ3) is 2.07. The third-order valence-corrected chi connectivity index (χ3v) is 4.53. The van der Waals surface area contributed by atoms with Crippen molar-refractivity contribution in [2.24, 2.45) is 11.1 Å². The van der Waals surface area contributed by atoms with E-state index in [1.807, 2.05) is 12.1 Å². The largest absolute Gasteiger partial charge is 0.326 e. The van der Waals surface area contributed by atoms with Crippen LogP contribution in [0.25, 0.3) is 0 Å². The molecule has 92 valence electrons. The first-order chi connectivity index (χ1) is 8.18. The van der Waals surface area contributed by atoms with Crippen molar-refractivity contribution in [3.63, 3.8) is 0 Å².